The van der Waals surface area contributed by atoms with Crippen molar-refractivity contribution < 1.29 is 4.42 Å². The van der Waals surface area contributed by atoms with Crippen molar-refractivity contribution in [3.8, 4) is 0 Å². The normalized spacial score (nSPS) is 12.2. The van der Waals surface area contributed by atoms with E-state index in [1.165, 1.54) is 21.9 Å². The monoisotopic (exact) mass is 483 g/mol. The van der Waals surface area contributed by atoms with Gasteiger partial charge in [0.2, 0.25) is 0 Å². The number of anilines is 2. The molecule has 0 saturated heterocycles. The highest BCUT2D eigenvalue weighted by Crippen LogP contribution is 2.41. The number of hydrogen-bond acceptors (Lipinski definition) is 2. The van der Waals surface area contributed by atoms with Crippen LogP contribution in [0.25, 0.3) is 21.9 Å². The Hall–Kier alpha value is -2.01. The zero-order chi connectivity index (χ0) is 20.1. The number of benzene rings is 3. The molecule has 0 saturated carbocycles. The quantitative estimate of drug-likeness (QED) is 0.215. The summed E-state index contributed by atoms with van der Waals surface area (Å²) in [7, 11) is 0. The predicted molar refractivity (Wildman–Crippen MR) is 129 cm³/mol. The van der Waals surface area contributed by atoms with E-state index in [4.69, 9.17) is 4.42 Å². The lowest BCUT2D eigenvalue weighted by Gasteiger charge is -2.21. The van der Waals surface area contributed by atoms with Gasteiger partial charge in [0.1, 0.15) is 5.58 Å². The van der Waals surface area contributed by atoms with Crippen LogP contribution >= 0.6 is 22.9 Å². The maximum absolute atomic E-state index is 6.45. The van der Waals surface area contributed by atoms with E-state index in [0.29, 0.717) is 5.92 Å². The van der Waals surface area contributed by atoms with Crippen molar-refractivity contribution in [3.63, 3.8) is 0 Å². The third-order valence-electron chi connectivity index (χ3n) is 5.33. The molecule has 0 aliphatic heterocycles. The molecule has 0 radical (unpaired) electrons. The average Bonchev–Trinajstić information content (AvgIpc) is 3.05. The summed E-state index contributed by atoms with van der Waals surface area (Å²) in [4.78, 5) is 0. The van der Waals surface area contributed by atoms with Crippen molar-refractivity contribution in [2.45, 2.75) is 46.0 Å². The second-order valence-corrected chi connectivity index (χ2v) is 9.68. The van der Waals surface area contributed by atoms with Crippen molar-refractivity contribution in [2.75, 3.05) is 3.11 Å². The molecule has 4 rings (SSSR count). The Bertz CT molecular complexity index is 1130. The molecule has 1 heterocycles. The maximum atomic E-state index is 6.45. The number of fused-ring (bicyclic) bond motifs is 3. The average molecular weight is 483 g/mol. The van der Waals surface area contributed by atoms with Crippen LogP contribution in [-0.2, 0) is 5.41 Å². The molecule has 144 valence electrons. The van der Waals surface area contributed by atoms with Gasteiger partial charge < -0.3 is 4.42 Å². The van der Waals surface area contributed by atoms with Gasteiger partial charge in [0.15, 0.2) is 5.58 Å². The molecule has 3 aromatic carbocycles. The predicted octanol–water partition coefficient (Wildman–Crippen LogP) is 8.50. The van der Waals surface area contributed by atoms with Gasteiger partial charge in [-0.25, -0.2) is 0 Å². The van der Waals surface area contributed by atoms with Gasteiger partial charge in [-0.15, -0.1) is 0 Å². The minimum absolute atomic E-state index is 0.153. The summed E-state index contributed by atoms with van der Waals surface area (Å²) in [5, 5.41) is 2.36. The number of rotatable bonds is 3. The summed E-state index contributed by atoms with van der Waals surface area (Å²) in [6.07, 6.45) is 0. The molecule has 0 aliphatic carbocycles. The first-order valence-corrected chi connectivity index (χ1v) is 10.7. The van der Waals surface area contributed by atoms with Gasteiger partial charge in [-0.1, -0.05) is 77.1 Å². The molecule has 3 heteroatoms. The highest BCUT2D eigenvalue weighted by Gasteiger charge is 2.19. The van der Waals surface area contributed by atoms with Gasteiger partial charge >= 0.3 is 0 Å². The lowest BCUT2D eigenvalue weighted by atomic mass is 9.87. The molecule has 0 spiro atoms. The minimum Gasteiger partial charge on any atom is -0.454 e. The fourth-order valence-electron chi connectivity index (χ4n) is 3.67. The van der Waals surface area contributed by atoms with Gasteiger partial charge in [-0.2, -0.15) is 0 Å². The van der Waals surface area contributed by atoms with E-state index >= 15 is 0 Å². The lowest BCUT2D eigenvalue weighted by Crippen LogP contribution is -2.11. The van der Waals surface area contributed by atoms with Crippen LogP contribution in [0.15, 0.2) is 65.1 Å². The van der Waals surface area contributed by atoms with Gasteiger partial charge in [-0.05, 0) is 40.7 Å². The molecule has 0 atom stereocenters. The zero-order valence-electron chi connectivity index (χ0n) is 17.1. The third-order valence-corrected chi connectivity index (χ3v) is 6.40. The molecular formula is C25H26INO. The molecule has 0 amide bonds. The molecule has 0 N–H and O–H groups in total. The number of nitrogens with zero attached hydrogens (tertiary/aromatic N) is 1. The van der Waals surface area contributed by atoms with Crippen molar-refractivity contribution >= 4 is 56.2 Å². The Labute approximate surface area is 181 Å². The second kappa shape index (κ2) is 7.11. The van der Waals surface area contributed by atoms with Crippen molar-refractivity contribution in [3.05, 3.63) is 71.8 Å². The SMILES string of the molecule is CC(C)c1cccc2c1oc1c(N(I)c3ccc(C(C)(C)C)cc3)cccc12. The van der Waals surface area contributed by atoms with E-state index in [-0.39, 0.29) is 5.41 Å². The highest BCUT2D eigenvalue weighted by atomic mass is 127. The summed E-state index contributed by atoms with van der Waals surface area (Å²) in [6.45, 7) is 11.1. The first kappa shape index (κ1) is 19.3. The first-order valence-electron chi connectivity index (χ1n) is 9.78. The Balaban J connectivity index is 1.84. The van der Waals surface area contributed by atoms with Crippen molar-refractivity contribution in [1.82, 2.24) is 0 Å². The van der Waals surface area contributed by atoms with Crippen molar-refractivity contribution in [2.24, 2.45) is 0 Å². The zero-order valence-corrected chi connectivity index (χ0v) is 19.2. The summed E-state index contributed by atoms with van der Waals surface area (Å²) < 4.78 is 8.63. The van der Waals surface area contributed by atoms with Crippen LogP contribution < -0.4 is 3.11 Å². The van der Waals surface area contributed by atoms with E-state index in [1.54, 1.807) is 0 Å². The number of para-hydroxylation sites is 2. The molecule has 2 nitrogen and oxygen atoms in total. The molecular weight excluding hydrogens is 457 g/mol. The first-order chi connectivity index (χ1) is 13.3. The minimum atomic E-state index is 0.153. The van der Waals surface area contributed by atoms with Crippen LogP contribution in [-0.4, -0.2) is 0 Å². The highest BCUT2D eigenvalue weighted by molar-refractivity contribution is 14.1. The fourth-order valence-corrected chi connectivity index (χ4v) is 4.37. The number of hydrogen-bond donors (Lipinski definition) is 0. The Kier molecular flexibility index (Phi) is 4.90. The van der Waals surface area contributed by atoms with Crippen molar-refractivity contribution in [1.29, 1.82) is 0 Å². The molecule has 0 aliphatic rings. The summed E-state index contributed by atoms with van der Waals surface area (Å²) >= 11 is 2.37. The molecule has 0 bridgehead atoms. The van der Waals surface area contributed by atoms with Crippen LogP contribution in [0, 0.1) is 0 Å². The van der Waals surface area contributed by atoms with E-state index in [0.717, 1.165) is 22.5 Å². The Morgan fingerprint density at radius 2 is 1.43 bits per heavy atom. The Morgan fingerprint density at radius 1 is 0.821 bits per heavy atom. The Morgan fingerprint density at radius 3 is 2.04 bits per heavy atom. The second-order valence-electron chi connectivity index (χ2n) is 8.71. The summed E-state index contributed by atoms with van der Waals surface area (Å²) in [5.41, 5.74) is 6.92. The van der Waals surface area contributed by atoms with E-state index in [9.17, 15) is 0 Å². The molecule has 28 heavy (non-hydrogen) atoms. The number of furan rings is 1. The maximum Gasteiger partial charge on any atom is 0.159 e. The van der Waals surface area contributed by atoms with E-state index < -0.39 is 0 Å². The van der Waals surface area contributed by atoms with Gasteiger partial charge in [0.25, 0.3) is 0 Å². The van der Waals surface area contributed by atoms with Gasteiger partial charge in [-0.3, -0.25) is 3.11 Å². The summed E-state index contributed by atoms with van der Waals surface area (Å²) in [6, 6.07) is 21.7. The smallest absolute Gasteiger partial charge is 0.159 e. The summed E-state index contributed by atoms with van der Waals surface area (Å²) in [5.74, 6) is 0.424. The van der Waals surface area contributed by atoms with E-state index in [2.05, 4.69) is 121 Å². The van der Waals surface area contributed by atoms with Crippen LogP contribution in [0.1, 0.15) is 51.7 Å². The van der Waals surface area contributed by atoms with Gasteiger partial charge in [0, 0.05) is 10.8 Å². The largest absolute Gasteiger partial charge is 0.454 e. The van der Waals surface area contributed by atoms with Crippen LogP contribution in [0.2, 0.25) is 0 Å². The van der Waals surface area contributed by atoms with Gasteiger partial charge in [0.05, 0.1) is 34.2 Å². The third kappa shape index (κ3) is 3.30. The molecule has 0 unspecified atom stereocenters. The fraction of sp³-hybridized carbons (Fsp3) is 0.280. The molecule has 0 fully saturated rings. The van der Waals surface area contributed by atoms with Crippen LogP contribution in [0.5, 0.6) is 0 Å². The number of halogens is 1. The molecule has 1 aromatic heterocycles. The van der Waals surface area contributed by atoms with E-state index in [1.807, 2.05) is 0 Å². The lowest BCUT2D eigenvalue weighted by molar-refractivity contribution is 0.590. The van der Waals surface area contributed by atoms with Crippen LogP contribution in [0.4, 0.5) is 11.4 Å². The standard InChI is InChI=1S/C25H26INO/c1-16(2)19-8-6-9-20-21-10-7-11-22(24(21)28-23(19)20)27(26)18-14-12-17(13-15-18)25(3,4)5/h6-16H,1-5H3. The van der Waals surface area contributed by atoms with Crippen LogP contribution in [0.3, 0.4) is 0 Å². The molecule has 4 aromatic rings. The topological polar surface area (TPSA) is 16.4 Å².